The average molecular weight is 336 g/mol. The van der Waals surface area contributed by atoms with Crippen LogP contribution in [0.1, 0.15) is 10.6 Å². The number of furan rings is 1. The van der Waals surface area contributed by atoms with E-state index in [0.717, 1.165) is 4.57 Å². The molecule has 0 amide bonds. The lowest BCUT2D eigenvalue weighted by atomic mass is 10.2. The molecular weight excluding hydrogens is 326 g/mol. The monoisotopic (exact) mass is 335 g/mol. The molecule has 3 aromatic rings. The van der Waals surface area contributed by atoms with Crippen molar-refractivity contribution >= 4 is 38.6 Å². The number of nitrogens with two attached hydrogens (primary N) is 1. The van der Waals surface area contributed by atoms with Gasteiger partial charge in [-0.05, 0) is 46.3 Å². The van der Waals surface area contributed by atoms with Crippen molar-refractivity contribution in [2.24, 2.45) is 7.05 Å². The Morgan fingerprint density at radius 1 is 1.25 bits per heavy atom. The van der Waals surface area contributed by atoms with Gasteiger partial charge in [-0.2, -0.15) is 0 Å². The van der Waals surface area contributed by atoms with Crippen LogP contribution in [-0.4, -0.2) is 15.0 Å². The third-order valence-corrected chi connectivity index (χ3v) is 3.49. The summed E-state index contributed by atoms with van der Waals surface area (Å²) < 4.78 is 8.08. The van der Waals surface area contributed by atoms with Gasteiger partial charge in [-0.15, -0.1) is 0 Å². The van der Waals surface area contributed by atoms with E-state index >= 15 is 0 Å². The molecule has 7 heteroatoms. The minimum atomic E-state index is -0.531. The molecule has 102 valence electrons. The maximum Gasteiger partial charge on any atom is 0.336 e. The Labute approximate surface area is 121 Å². The zero-order valence-corrected chi connectivity index (χ0v) is 12.0. The fourth-order valence-corrected chi connectivity index (χ4v) is 2.40. The van der Waals surface area contributed by atoms with Gasteiger partial charge >= 0.3 is 11.6 Å². The number of rotatable bonds is 1. The van der Waals surface area contributed by atoms with E-state index in [-0.39, 0.29) is 5.76 Å². The van der Waals surface area contributed by atoms with Gasteiger partial charge in [0.15, 0.2) is 10.4 Å². The van der Waals surface area contributed by atoms with Crippen molar-refractivity contribution in [3.63, 3.8) is 0 Å². The van der Waals surface area contributed by atoms with E-state index in [4.69, 9.17) is 10.2 Å². The molecule has 2 heterocycles. The van der Waals surface area contributed by atoms with Crippen LogP contribution in [0.2, 0.25) is 0 Å². The van der Waals surface area contributed by atoms with E-state index in [1.165, 1.54) is 10.6 Å². The third kappa shape index (κ3) is 1.78. The first-order valence-corrected chi connectivity index (χ1v) is 6.55. The first-order valence-electron chi connectivity index (χ1n) is 5.76. The molecule has 0 fully saturated rings. The van der Waals surface area contributed by atoms with E-state index in [1.807, 2.05) is 0 Å². The molecule has 0 bridgehead atoms. The van der Waals surface area contributed by atoms with Crippen molar-refractivity contribution in [1.82, 2.24) is 9.13 Å². The molecule has 0 aliphatic carbocycles. The fourth-order valence-electron chi connectivity index (χ4n) is 2.09. The number of nitrogen functional groups attached to an aromatic ring is 1. The number of carbonyl (C=O) groups excluding carboxylic acids is 1. The Hall–Kier alpha value is -2.28. The third-order valence-electron chi connectivity index (χ3n) is 3.07. The van der Waals surface area contributed by atoms with Gasteiger partial charge in [0.05, 0.1) is 11.0 Å². The highest BCUT2D eigenvalue weighted by Gasteiger charge is 2.20. The second-order valence-corrected chi connectivity index (χ2v) is 5.12. The number of aromatic nitrogens is 2. The van der Waals surface area contributed by atoms with Crippen molar-refractivity contribution in [3.05, 3.63) is 51.2 Å². The van der Waals surface area contributed by atoms with Crippen molar-refractivity contribution in [3.8, 4) is 0 Å². The van der Waals surface area contributed by atoms with Gasteiger partial charge < -0.3 is 10.2 Å². The lowest BCUT2D eigenvalue weighted by molar-refractivity contribution is 0.0931. The zero-order chi connectivity index (χ0) is 14.4. The van der Waals surface area contributed by atoms with Crippen molar-refractivity contribution in [2.75, 3.05) is 5.73 Å². The molecule has 0 saturated heterocycles. The van der Waals surface area contributed by atoms with Crippen LogP contribution in [0.3, 0.4) is 0 Å². The number of imidazole rings is 1. The van der Waals surface area contributed by atoms with E-state index < -0.39 is 11.6 Å². The number of benzene rings is 1. The number of nitrogens with zero attached hydrogens (tertiary/aromatic N) is 2. The lowest BCUT2D eigenvalue weighted by Crippen LogP contribution is -2.28. The molecule has 0 spiro atoms. The first kappa shape index (κ1) is 12.7. The summed E-state index contributed by atoms with van der Waals surface area (Å²) in [5, 5.41) is 0. The number of halogens is 1. The molecule has 2 aromatic heterocycles. The Balaban J connectivity index is 2.31. The van der Waals surface area contributed by atoms with E-state index in [2.05, 4.69) is 15.9 Å². The molecule has 0 radical (unpaired) electrons. The largest absolute Gasteiger partial charge is 0.444 e. The number of carbonyl (C=O) groups is 1. The maximum atomic E-state index is 12.4. The van der Waals surface area contributed by atoms with E-state index in [0.29, 0.717) is 21.4 Å². The van der Waals surface area contributed by atoms with Gasteiger partial charge in [0.1, 0.15) is 0 Å². The minimum Gasteiger partial charge on any atom is -0.444 e. The van der Waals surface area contributed by atoms with Crippen LogP contribution in [0.5, 0.6) is 0 Å². The first-order chi connectivity index (χ1) is 9.49. The summed E-state index contributed by atoms with van der Waals surface area (Å²) in [7, 11) is 1.60. The van der Waals surface area contributed by atoms with E-state index in [9.17, 15) is 9.59 Å². The number of hydrogen-bond donors (Lipinski definition) is 1. The van der Waals surface area contributed by atoms with Crippen molar-refractivity contribution in [2.45, 2.75) is 0 Å². The molecule has 0 unspecified atom stereocenters. The maximum absolute atomic E-state index is 12.4. The standard InChI is InChI=1S/C13H10BrN3O3/c1-16-8-3-2-7(15)6-9(8)17(13(16)19)12(18)10-4-5-11(14)20-10/h2-6H,15H2,1H3. The second kappa shape index (κ2) is 4.38. The molecule has 3 rings (SSSR count). The molecule has 2 N–H and O–H groups in total. The van der Waals surface area contributed by atoms with Crippen LogP contribution in [-0.2, 0) is 7.05 Å². The molecule has 0 saturated carbocycles. The zero-order valence-electron chi connectivity index (χ0n) is 10.5. The van der Waals surface area contributed by atoms with Gasteiger partial charge in [0, 0.05) is 12.7 Å². The summed E-state index contributed by atoms with van der Waals surface area (Å²) in [6.07, 6.45) is 0. The molecule has 0 aliphatic rings. The quantitative estimate of drug-likeness (QED) is 0.689. The van der Waals surface area contributed by atoms with Crippen LogP contribution in [0.25, 0.3) is 11.0 Å². The highest BCUT2D eigenvalue weighted by atomic mass is 79.9. The average Bonchev–Trinajstić information content (AvgIpc) is 2.93. The van der Waals surface area contributed by atoms with Crippen molar-refractivity contribution in [1.29, 1.82) is 0 Å². The molecule has 6 nitrogen and oxygen atoms in total. The lowest BCUT2D eigenvalue weighted by Gasteiger charge is -2.00. The molecular formula is C13H10BrN3O3. The Morgan fingerprint density at radius 2 is 2.00 bits per heavy atom. The van der Waals surface area contributed by atoms with Crippen LogP contribution in [0, 0.1) is 0 Å². The summed E-state index contributed by atoms with van der Waals surface area (Å²) in [5.41, 5.74) is 6.85. The summed E-state index contributed by atoms with van der Waals surface area (Å²) in [6.45, 7) is 0. The van der Waals surface area contributed by atoms with Crippen LogP contribution in [0.4, 0.5) is 5.69 Å². The SMILES string of the molecule is Cn1c(=O)n(C(=O)c2ccc(Br)o2)c2cc(N)ccc21. The highest BCUT2D eigenvalue weighted by Crippen LogP contribution is 2.19. The number of hydrogen-bond acceptors (Lipinski definition) is 4. The normalized spacial score (nSPS) is 11.1. The smallest absolute Gasteiger partial charge is 0.336 e. The van der Waals surface area contributed by atoms with Crippen molar-refractivity contribution < 1.29 is 9.21 Å². The predicted molar refractivity (Wildman–Crippen MR) is 77.7 cm³/mol. The molecule has 0 atom stereocenters. The molecule has 0 aliphatic heterocycles. The van der Waals surface area contributed by atoms with E-state index in [1.54, 1.807) is 31.3 Å². The van der Waals surface area contributed by atoms with Gasteiger partial charge in [0.25, 0.3) is 0 Å². The summed E-state index contributed by atoms with van der Waals surface area (Å²) in [4.78, 5) is 24.6. The predicted octanol–water partition coefficient (Wildman–Crippen LogP) is 1.97. The summed E-state index contributed by atoms with van der Waals surface area (Å²) in [6, 6.07) is 8.07. The van der Waals surface area contributed by atoms with Gasteiger partial charge in [0.2, 0.25) is 0 Å². The van der Waals surface area contributed by atoms with Gasteiger partial charge in [-0.1, -0.05) is 0 Å². The summed E-state index contributed by atoms with van der Waals surface area (Å²) >= 11 is 3.13. The van der Waals surface area contributed by atoms with Gasteiger partial charge in [-0.3, -0.25) is 9.36 Å². The number of anilines is 1. The summed E-state index contributed by atoms with van der Waals surface area (Å²) in [5.74, 6) is -0.453. The van der Waals surface area contributed by atoms with Crippen LogP contribution < -0.4 is 11.4 Å². The topological polar surface area (TPSA) is 83.2 Å². The van der Waals surface area contributed by atoms with Crippen LogP contribution in [0.15, 0.2) is 44.2 Å². The van der Waals surface area contributed by atoms with Crippen LogP contribution >= 0.6 is 15.9 Å². The minimum absolute atomic E-state index is 0.0777. The number of fused-ring (bicyclic) bond motifs is 1. The Kier molecular flexibility index (Phi) is 2.79. The Bertz CT molecular complexity index is 888. The highest BCUT2D eigenvalue weighted by molar-refractivity contribution is 9.10. The fraction of sp³-hybridized carbons (Fsp3) is 0.0769. The molecule has 1 aromatic carbocycles. The van der Waals surface area contributed by atoms with Gasteiger partial charge in [-0.25, -0.2) is 9.36 Å². The second-order valence-electron chi connectivity index (χ2n) is 4.33. The Morgan fingerprint density at radius 3 is 2.65 bits per heavy atom. The number of aryl methyl sites for hydroxylation is 1. The molecule has 20 heavy (non-hydrogen) atoms.